The smallest absolute Gasteiger partial charge is 0.0709 e. The Balaban J connectivity index is 2.23. The minimum absolute atomic E-state index is 0.212. The molecule has 16 heavy (non-hydrogen) atoms. The van der Waals surface area contributed by atoms with E-state index in [1.165, 1.54) is 0 Å². The summed E-state index contributed by atoms with van der Waals surface area (Å²) in [6.45, 7) is 9.65. The van der Waals surface area contributed by atoms with Gasteiger partial charge in [0.05, 0.1) is 12.2 Å². The first-order valence-corrected chi connectivity index (χ1v) is 6.41. The maximum absolute atomic E-state index is 5.66. The van der Waals surface area contributed by atoms with Gasteiger partial charge in [0.25, 0.3) is 0 Å². The van der Waals surface area contributed by atoms with Gasteiger partial charge in [0, 0.05) is 39.4 Å². The van der Waals surface area contributed by atoms with Gasteiger partial charge < -0.3 is 20.1 Å². The standard InChI is InChI=1S/C12H26N2O2/c1-3-15-12(9-13)5-7-14-6-4-8-16-11(2)10-14/h11-12H,3-10,13H2,1-2H3. The molecular formula is C12H26N2O2. The van der Waals surface area contributed by atoms with Gasteiger partial charge in [-0.25, -0.2) is 0 Å². The fourth-order valence-electron chi connectivity index (χ4n) is 2.11. The zero-order valence-corrected chi connectivity index (χ0v) is 10.7. The molecule has 0 aliphatic carbocycles. The van der Waals surface area contributed by atoms with Crippen LogP contribution in [-0.4, -0.2) is 56.5 Å². The Morgan fingerprint density at radius 2 is 2.38 bits per heavy atom. The van der Waals surface area contributed by atoms with Gasteiger partial charge in [-0.05, 0) is 26.7 Å². The van der Waals surface area contributed by atoms with Crippen LogP contribution in [0.2, 0.25) is 0 Å². The first kappa shape index (κ1) is 13.9. The molecule has 0 aromatic carbocycles. The maximum Gasteiger partial charge on any atom is 0.0709 e. The van der Waals surface area contributed by atoms with Crippen molar-refractivity contribution in [2.45, 2.75) is 38.9 Å². The zero-order chi connectivity index (χ0) is 11.8. The van der Waals surface area contributed by atoms with E-state index in [4.69, 9.17) is 15.2 Å². The Morgan fingerprint density at radius 3 is 3.06 bits per heavy atom. The van der Waals surface area contributed by atoms with Crippen LogP contribution < -0.4 is 5.73 Å². The quantitative estimate of drug-likeness (QED) is 0.735. The molecule has 0 radical (unpaired) electrons. The average molecular weight is 230 g/mol. The van der Waals surface area contributed by atoms with Crippen molar-refractivity contribution in [3.8, 4) is 0 Å². The van der Waals surface area contributed by atoms with Crippen molar-refractivity contribution in [3.05, 3.63) is 0 Å². The number of nitrogens with zero attached hydrogens (tertiary/aromatic N) is 1. The molecule has 0 spiro atoms. The molecule has 0 aromatic heterocycles. The van der Waals surface area contributed by atoms with Crippen LogP contribution in [0.4, 0.5) is 0 Å². The van der Waals surface area contributed by atoms with E-state index in [1.54, 1.807) is 0 Å². The Kier molecular flexibility index (Phi) is 6.96. The second-order valence-corrected chi connectivity index (χ2v) is 4.44. The van der Waals surface area contributed by atoms with Crippen LogP contribution in [-0.2, 0) is 9.47 Å². The molecule has 1 aliphatic rings. The van der Waals surface area contributed by atoms with Gasteiger partial charge in [0.2, 0.25) is 0 Å². The van der Waals surface area contributed by atoms with E-state index in [9.17, 15) is 0 Å². The lowest BCUT2D eigenvalue weighted by molar-refractivity contribution is 0.0458. The molecule has 2 unspecified atom stereocenters. The number of ether oxygens (including phenoxy) is 2. The second-order valence-electron chi connectivity index (χ2n) is 4.44. The highest BCUT2D eigenvalue weighted by atomic mass is 16.5. The normalized spacial score (nSPS) is 25.3. The van der Waals surface area contributed by atoms with Crippen molar-refractivity contribution in [3.63, 3.8) is 0 Å². The predicted molar refractivity (Wildman–Crippen MR) is 65.6 cm³/mol. The van der Waals surface area contributed by atoms with Crippen LogP contribution in [0.15, 0.2) is 0 Å². The SMILES string of the molecule is CCOC(CN)CCN1CCCOC(C)C1. The minimum Gasteiger partial charge on any atom is -0.377 e. The molecule has 96 valence electrons. The summed E-state index contributed by atoms with van der Waals surface area (Å²) in [7, 11) is 0. The molecule has 2 atom stereocenters. The van der Waals surface area contributed by atoms with E-state index in [2.05, 4.69) is 11.8 Å². The molecule has 0 aromatic rings. The summed E-state index contributed by atoms with van der Waals surface area (Å²) in [4.78, 5) is 2.46. The van der Waals surface area contributed by atoms with Gasteiger partial charge in [-0.1, -0.05) is 0 Å². The lowest BCUT2D eigenvalue weighted by Gasteiger charge is -2.24. The summed E-state index contributed by atoms with van der Waals surface area (Å²) in [5.41, 5.74) is 5.66. The number of hydrogen-bond donors (Lipinski definition) is 1. The maximum atomic E-state index is 5.66. The Labute approximate surface area is 99.1 Å². The van der Waals surface area contributed by atoms with Crippen molar-refractivity contribution in [2.24, 2.45) is 5.73 Å². The molecule has 1 aliphatic heterocycles. The minimum atomic E-state index is 0.212. The molecule has 1 rings (SSSR count). The summed E-state index contributed by atoms with van der Waals surface area (Å²) >= 11 is 0. The summed E-state index contributed by atoms with van der Waals surface area (Å²) in [6, 6.07) is 0. The third kappa shape index (κ3) is 5.25. The topological polar surface area (TPSA) is 47.7 Å². The van der Waals surface area contributed by atoms with Crippen LogP contribution in [0.3, 0.4) is 0 Å². The first-order valence-electron chi connectivity index (χ1n) is 6.41. The summed E-state index contributed by atoms with van der Waals surface area (Å²) in [5.74, 6) is 0. The summed E-state index contributed by atoms with van der Waals surface area (Å²) in [6.07, 6.45) is 2.72. The lowest BCUT2D eigenvalue weighted by Crippen LogP contribution is -2.35. The summed E-state index contributed by atoms with van der Waals surface area (Å²) in [5, 5.41) is 0. The van der Waals surface area contributed by atoms with Gasteiger partial charge in [0.1, 0.15) is 0 Å². The van der Waals surface area contributed by atoms with Gasteiger partial charge in [0.15, 0.2) is 0 Å². The van der Waals surface area contributed by atoms with Gasteiger partial charge in [-0.3, -0.25) is 0 Å². The molecule has 4 nitrogen and oxygen atoms in total. The van der Waals surface area contributed by atoms with Crippen LogP contribution in [0.1, 0.15) is 26.7 Å². The highest BCUT2D eigenvalue weighted by molar-refractivity contribution is 4.69. The van der Waals surface area contributed by atoms with Gasteiger partial charge in [-0.2, -0.15) is 0 Å². The third-order valence-corrected chi connectivity index (χ3v) is 2.97. The van der Waals surface area contributed by atoms with Crippen molar-refractivity contribution in [1.29, 1.82) is 0 Å². The fraction of sp³-hybridized carbons (Fsp3) is 1.00. The van der Waals surface area contributed by atoms with E-state index in [1.807, 2.05) is 6.92 Å². The van der Waals surface area contributed by atoms with Crippen LogP contribution >= 0.6 is 0 Å². The molecule has 0 saturated carbocycles. The highest BCUT2D eigenvalue weighted by Crippen LogP contribution is 2.07. The van der Waals surface area contributed by atoms with Gasteiger partial charge >= 0.3 is 0 Å². The molecule has 1 saturated heterocycles. The molecule has 4 heteroatoms. The fourth-order valence-corrected chi connectivity index (χ4v) is 2.11. The molecule has 0 bridgehead atoms. The van der Waals surface area contributed by atoms with Crippen LogP contribution in [0.5, 0.6) is 0 Å². The molecule has 2 N–H and O–H groups in total. The van der Waals surface area contributed by atoms with E-state index >= 15 is 0 Å². The molecular weight excluding hydrogens is 204 g/mol. The monoisotopic (exact) mass is 230 g/mol. The third-order valence-electron chi connectivity index (χ3n) is 2.97. The zero-order valence-electron chi connectivity index (χ0n) is 10.7. The van der Waals surface area contributed by atoms with Crippen molar-refractivity contribution in [1.82, 2.24) is 4.90 Å². The lowest BCUT2D eigenvalue weighted by atomic mass is 10.2. The van der Waals surface area contributed by atoms with E-state index in [0.717, 1.165) is 45.7 Å². The molecule has 1 fully saturated rings. The number of nitrogens with two attached hydrogens (primary N) is 1. The summed E-state index contributed by atoms with van der Waals surface area (Å²) < 4.78 is 11.2. The van der Waals surface area contributed by atoms with Crippen molar-refractivity contribution >= 4 is 0 Å². The van der Waals surface area contributed by atoms with Crippen LogP contribution in [0, 0.1) is 0 Å². The Hall–Kier alpha value is -0.160. The second kappa shape index (κ2) is 8.01. The van der Waals surface area contributed by atoms with Gasteiger partial charge in [-0.15, -0.1) is 0 Å². The van der Waals surface area contributed by atoms with Crippen molar-refractivity contribution in [2.75, 3.05) is 39.4 Å². The highest BCUT2D eigenvalue weighted by Gasteiger charge is 2.16. The molecule has 1 heterocycles. The average Bonchev–Trinajstić information content (AvgIpc) is 2.49. The predicted octanol–water partition coefficient (Wildman–Crippen LogP) is 0.851. The van der Waals surface area contributed by atoms with Crippen molar-refractivity contribution < 1.29 is 9.47 Å². The first-order chi connectivity index (χ1) is 7.76. The van der Waals surface area contributed by atoms with E-state index < -0.39 is 0 Å². The van der Waals surface area contributed by atoms with E-state index in [-0.39, 0.29) is 6.10 Å². The Morgan fingerprint density at radius 1 is 1.56 bits per heavy atom. The van der Waals surface area contributed by atoms with E-state index in [0.29, 0.717) is 12.6 Å². The van der Waals surface area contributed by atoms with Crippen LogP contribution in [0.25, 0.3) is 0 Å². The number of hydrogen-bond acceptors (Lipinski definition) is 4. The number of rotatable bonds is 6. The largest absolute Gasteiger partial charge is 0.377 e. The molecule has 0 amide bonds. The Bertz CT molecular complexity index is 178.